The molecule has 2 aromatic carbocycles. The van der Waals surface area contributed by atoms with E-state index in [-0.39, 0.29) is 11.9 Å². The standard InChI is InChI=1S/C15H15FN4/c1-9(10-2-4-11(16)5-3-10)18-15-19-13-7-6-12(17)8-14(13)20-15/h2-9H,17H2,1H3,(H2,18,19,20). The smallest absolute Gasteiger partial charge is 0.201 e. The fourth-order valence-corrected chi connectivity index (χ4v) is 2.14. The molecule has 0 bridgehead atoms. The number of nitrogens with two attached hydrogens (primary N) is 1. The number of benzene rings is 2. The average molecular weight is 270 g/mol. The number of aromatic amines is 1. The van der Waals surface area contributed by atoms with E-state index in [4.69, 9.17) is 5.73 Å². The van der Waals surface area contributed by atoms with Gasteiger partial charge in [-0.2, -0.15) is 0 Å². The number of hydrogen-bond donors (Lipinski definition) is 3. The van der Waals surface area contributed by atoms with Gasteiger partial charge in [0.2, 0.25) is 5.95 Å². The molecule has 0 aliphatic heterocycles. The normalized spacial score (nSPS) is 12.5. The van der Waals surface area contributed by atoms with Gasteiger partial charge in [0.1, 0.15) is 5.82 Å². The number of H-pyrrole nitrogens is 1. The Balaban J connectivity index is 1.83. The fourth-order valence-electron chi connectivity index (χ4n) is 2.14. The molecule has 4 nitrogen and oxygen atoms in total. The fraction of sp³-hybridized carbons (Fsp3) is 0.133. The van der Waals surface area contributed by atoms with Crippen LogP contribution in [0.5, 0.6) is 0 Å². The highest BCUT2D eigenvalue weighted by atomic mass is 19.1. The lowest BCUT2D eigenvalue weighted by molar-refractivity contribution is 0.626. The second kappa shape index (κ2) is 4.85. The highest BCUT2D eigenvalue weighted by Gasteiger charge is 2.08. The Hall–Kier alpha value is -2.56. The highest BCUT2D eigenvalue weighted by molar-refractivity contribution is 5.80. The minimum Gasteiger partial charge on any atom is -0.399 e. The van der Waals surface area contributed by atoms with E-state index < -0.39 is 0 Å². The van der Waals surface area contributed by atoms with Crippen molar-refractivity contribution in [3.63, 3.8) is 0 Å². The number of anilines is 2. The molecule has 1 heterocycles. The van der Waals surface area contributed by atoms with Gasteiger partial charge in [0.05, 0.1) is 17.1 Å². The monoisotopic (exact) mass is 270 g/mol. The predicted octanol–water partition coefficient (Wildman–Crippen LogP) is 3.46. The summed E-state index contributed by atoms with van der Waals surface area (Å²) in [5, 5.41) is 3.26. The van der Waals surface area contributed by atoms with Gasteiger partial charge in [-0.05, 0) is 42.8 Å². The summed E-state index contributed by atoms with van der Waals surface area (Å²) < 4.78 is 12.9. The lowest BCUT2D eigenvalue weighted by Crippen LogP contribution is -2.07. The van der Waals surface area contributed by atoms with Crippen LogP contribution in [0.15, 0.2) is 42.5 Å². The van der Waals surface area contributed by atoms with Crippen molar-refractivity contribution >= 4 is 22.7 Å². The number of nitrogens with zero attached hydrogens (tertiary/aromatic N) is 1. The van der Waals surface area contributed by atoms with Crippen LogP contribution in [0.25, 0.3) is 11.0 Å². The summed E-state index contributed by atoms with van der Waals surface area (Å²) in [6, 6.07) is 12.0. The summed E-state index contributed by atoms with van der Waals surface area (Å²) >= 11 is 0. The number of nitrogens with one attached hydrogen (secondary N) is 2. The lowest BCUT2D eigenvalue weighted by atomic mass is 10.1. The van der Waals surface area contributed by atoms with E-state index >= 15 is 0 Å². The van der Waals surface area contributed by atoms with Crippen LogP contribution in [-0.4, -0.2) is 9.97 Å². The zero-order valence-electron chi connectivity index (χ0n) is 11.0. The molecular formula is C15H15FN4. The first-order chi connectivity index (χ1) is 9.61. The molecule has 1 unspecified atom stereocenters. The van der Waals surface area contributed by atoms with Crippen LogP contribution in [0.1, 0.15) is 18.5 Å². The summed E-state index contributed by atoms with van der Waals surface area (Å²) in [7, 11) is 0. The molecule has 3 rings (SSSR count). The van der Waals surface area contributed by atoms with Crippen molar-refractivity contribution in [3.05, 3.63) is 53.8 Å². The highest BCUT2D eigenvalue weighted by Crippen LogP contribution is 2.21. The van der Waals surface area contributed by atoms with Gasteiger partial charge in [0.25, 0.3) is 0 Å². The van der Waals surface area contributed by atoms with Gasteiger partial charge < -0.3 is 16.0 Å². The van der Waals surface area contributed by atoms with Gasteiger partial charge in [0, 0.05) is 5.69 Å². The van der Waals surface area contributed by atoms with Crippen molar-refractivity contribution in [2.75, 3.05) is 11.1 Å². The van der Waals surface area contributed by atoms with E-state index in [0.717, 1.165) is 16.6 Å². The maximum Gasteiger partial charge on any atom is 0.201 e. The quantitative estimate of drug-likeness (QED) is 0.638. The first kappa shape index (κ1) is 12.5. The molecule has 0 aliphatic rings. The van der Waals surface area contributed by atoms with Crippen molar-refractivity contribution in [2.24, 2.45) is 0 Å². The van der Waals surface area contributed by atoms with E-state index in [1.807, 2.05) is 25.1 Å². The molecule has 0 amide bonds. The minimum absolute atomic E-state index is 0.0218. The summed E-state index contributed by atoms with van der Waals surface area (Å²) in [5.41, 5.74) is 9.16. The molecule has 5 heteroatoms. The molecule has 0 spiro atoms. The Morgan fingerprint density at radius 3 is 2.70 bits per heavy atom. The number of aromatic nitrogens is 2. The Labute approximate surface area is 115 Å². The predicted molar refractivity (Wildman–Crippen MR) is 78.9 cm³/mol. The molecule has 0 saturated carbocycles. The van der Waals surface area contributed by atoms with Gasteiger partial charge >= 0.3 is 0 Å². The Morgan fingerprint density at radius 1 is 1.20 bits per heavy atom. The number of hydrogen-bond acceptors (Lipinski definition) is 3. The third kappa shape index (κ3) is 2.42. The van der Waals surface area contributed by atoms with Crippen molar-refractivity contribution in [1.29, 1.82) is 0 Å². The van der Waals surface area contributed by atoms with Crippen LogP contribution >= 0.6 is 0 Å². The zero-order valence-corrected chi connectivity index (χ0v) is 11.0. The van der Waals surface area contributed by atoms with Gasteiger partial charge in [-0.25, -0.2) is 9.37 Å². The number of nitrogen functional groups attached to an aromatic ring is 1. The first-order valence-corrected chi connectivity index (χ1v) is 6.39. The first-order valence-electron chi connectivity index (χ1n) is 6.39. The Morgan fingerprint density at radius 2 is 1.95 bits per heavy atom. The van der Waals surface area contributed by atoms with Gasteiger partial charge in [-0.3, -0.25) is 0 Å². The van der Waals surface area contributed by atoms with Crippen molar-refractivity contribution in [1.82, 2.24) is 9.97 Å². The molecule has 0 aliphatic carbocycles. The van der Waals surface area contributed by atoms with Crippen LogP contribution in [0, 0.1) is 5.82 Å². The van der Waals surface area contributed by atoms with E-state index in [1.54, 1.807) is 12.1 Å². The zero-order chi connectivity index (χ0) is 14.1. The molecule has 3 aromatic rings. The third-order valence-corrected chi connectivity index (χ3v) is 3.23. The molecule has 0 radical (unpaired) electrons. The van der Waals surface area contributed by atoms with Crippen LogP contribution in [0.3, 0.4) is 0 Å². The van der Waals surface area contributed by atoms with Crippen LogP contribution < -0.4 is 11.1 Å². The summed E-state index contributed by atoms with van der Waals surface area (Å²) in [6.45, 7) is 1.99. The molecule has 0 fully saturated rings. The molecular weight excluding hydrogens is 255 g/mol. The van der Waals surface area contributed by atoms with Gasteiger partial charge in [0.15, 0.2) is 0 Å². The number of rotatable bonds is 3. The largest absolute Gasteiger partial charge is 0.399 e. The minimum atomic E-state index is -0.236. The van der Waals surface area contributed by atoms with E-state index in [9.17, 15) is 4.39 Å². The summed E-state index contributed by atoms with van der Waals surface area (Å²) in [5.74, 6) is 0.433. The van der Waals surface area contributed by atoms with Crippen LogP contribution in [-0.2, 0) is 0 Å². The third-order valence-electron chi connectivity index (χ3n) is 3.23. The summed E-state index contributed by atoms with van der Waals surface area (Å²) in [6.07, 6.45) is 0. The van der Waals surface area contributed by atoms with Gasteiger partial charge in [-0.15, -0.1) is 0 Å². The lowest BCUT2D eigenvalue weighted by Gasteiger charge is -2.13. The maximum atomic E-state index is 12.9. The van der Waals surface area contributed by atoms with Crippen molar-refractivity contribution in [2.45, 2.75) is 13.0 Å². The maximum absolute atomic E-state index is 12.9. The molecule has 1 aromatic heterocycles. The Kier molecular flexibility index (Phi) is 3.02. The molecule has 4 N–H and O–H groups in total. The molecule has 20 heavy (non-hydrogen) atoms. The van der Waals surface area contributed by atoms with Gasteiger partial charge in [-0.1, -0.05) is 12.1 Å². The SMILES string of the molecule is CC(Nc1nc2ccc(N)cc2[nH]1)c1ccc(F)cc1. The molecule has 102 valence electrons. The van der Waals surface area contributed by atoms with Crippen molar-refractivity contribution in [3.8, 4) is 0 Å². The second-order valence-corrected chi connectivity index (χ2v) is 4.78. The average Bonchev–Trinajstić information content (AvgIpc) is 2.80. The Bertz CT molecular complexity index is 733. The van der Waals surface area contributed by atoms with Crippen LogP contribution in [0.4, 0.5) is 16.0 Å². The van der Waals surface area contributed by atoms with E-state index in [0.29, 0.717) is 11.6 Å². The molecule has 1 atom stereocenters. The number of imidazole rings is 1. The van der Waals surface area contributed by atoms with Crippen LogP contribution in [0.2, 0.25) is 0 Å². The van der Waals surface area contributed by atoms with Crippen molar-refractivity contribution < 1.29 is 4.39 Å². The van der Waals surface area contributed by atoms with E-state index in [2.05, 4.69) is 15.3 Å². The topological polar surface area (TPSA) is 66.7 Å². The number of fused-ring (bicyclic) bond motifs is 1. The number of halogens is 1. The van der Waals surface area contributed by atoms with E-state index in [1.165, 1.54) is 12.1 Å². The molecule has 0 saturated heterocycles. The summed E-state index contributed by atoms with van der Waals surface area (Å²) in [4.78, 5) is 7.61. The second-order valence-electron chi connectivity index (χ2n) is 4.78.